The highest BCUT2D eigenvalue weighted by molar-refractivity contribution is 7.89. The summed E-state index contributed by atoms with van der Waals surface area (Å²) in [4.78, 5) is 14.1. The Balaban J connectivity index is 1.62. The smallest absolute Gasteiger partial charge is 0.323 e. The number of piperidine rings is 1. The number of carbonyl (C=O) groups is 1. The van der Waals surface area contributed by atoms with Gasteiger partial charge in [0.05, 0.1) is 11.0 Å². The number of benzene rings is 2. The van der Waals surface area contributed by atoms with Gasteiger partial charge in [-0.3, -0.25) is 5.41 Å². The molecule has 0 bridgehead atoms. The number of amides is 2. The second-order valence-electron chi connectivity index (χ2n) is 6.80. The molecule has 1 fully saturated rings. The molecule has 1 aliphatic rings. The highest BCUT2D eigenvalue weighted by Crippen LogP contribution is 2.18. The molecule has 2 amide bonds. The number of carbonyl (C=O) groups excluding carboxylic acids is 1. The van der Waals surface area contributed by atoms with Crippen molar-refractivity contribution in [1.29, 1.82) is 5.41 Å². The number of nitrogens with two attached hydrogens (primary N) is 1. The number of amidine groups is 1. The molecule has 2 aromatic carbocycles. The largest absolute Gasteiger partial charge is 0.393 e. The molecule has 1 heterocycles. The molecule has 0 spiro atoms. The van der Waals surface area contributed by atoms with Crippen molar-refractivity contribution in [2.45, 2.75) is 23.8 Å². The van der Waals surface area contributed by atoms with Crippen LogP contribution in [0.5, 0.6) is 0 Å². The van der Waals surface area contributed by atoms with Crippen LogP contribution in [0.3, 0.4) is 0 Å². The number of anilines is 2. The number of urea groups is 1. The highest BCUT2D eigenvalue weighted by atomic mass is 32.2. The summed E-state index contributed by atoms with van der Waals surface area (Å²) in [5, 5.41) is 28.3. The van der Waals surface area contributed by atoms with E-state index in [2.05, 4.69) is 10.6 Å². The first-order valence-electron chi connectivity index (χ1n) is 9.05. The van der Waals surface area contributed by atoms with Gasteiger partial charge >= 0.3 is 6.03 Å². The maximum Gasteiger partial charge on any atom is 0.323 e. The SMILES string of the molecule is N=C(c1cccc(NC(=O)Nc2ccc(S(N)(=O)=O)cc2)c1)N1CCC(O)CC1. The van der Waals surface area contributed by atoms with Crippen molar-refractivity contribution >= 4 is 33.3 Å². The first kappa shape index (κ1) is 20.8. The molecule has 0 aliphatic carbocycles. The number of sulfonamides is 1. The highest BCUT2D eigenvalue weighted by Gasteiger charge is 2.20. The molecule has 0 saturated carbocycles. The number of nitrogens with one attached hydrogen (secondary N) is 3. The molecule has 6 N–H and O–H groups in total. The number of rotatable bonds is 4. The van der Waals surface area contributed by atoms with Gasteiger partial charge in [0.1, 0.15) is 5.84 Å². The lowest BCUT2D eigenvalue weighted by atomic mass is 10.1. The summed E-state index contributed by atoms with van der Waals surface area (Å²) in [6, 6.07) is 12.0. The van der Waals surface area contributed by atoms with E-state index in [0.717, 1.165) is 0 Å². The van der Waals surface area contributed by atoms with E-state index >= 15 is 0 Å². The first-order valence-corrected chi connectivity index (χ1v) is 10.6. The number of hydrogen-bond donors (Lipinski definition) is 5. The normalized spacial score (nSPS) is 15.0. The Morgan fingerprint density at radius 3 is 2.31 bits per heavy atom. The fourth-order valence-electron chi connectivity index (χ4n) is 3.04. The van der Waals surface area contributed by atoms with Gasteiger partial charge in [0.25, 0.3) is 0 Å². The summed E-state index contributed by atoms with van der Waals surface area (Å²) in [5.41, 5.74) is 1.59. The Hall–Kier alpha value is -2.95. The minimum absolute atomic E-state index is 0.0418. The van der Waals surface area contributed by atoms with Gasteiger partial charge < -0.3 is 20.6 Å². The Labute approximate surface area is 169 Å². The minimum atomic E-state index is -3.79. The third-order valence-corrected chi connectivity index (χ3v) is 5.54. The molecule has 0 radical (unpaired) electrons. The number of likely N-dealkylation sites (tertiary alicyclic amines) is 1. The maximum atomic E-state index is 12.2. The Morgan fingerprint density at radius 2 is 1.69 bits per heavy atom. The molecule has 10 heteroatoms. The van der Waals surface area contributed by atoms with E-state index in [4.69, 9.17) is 10.5 Å². The van der Waals surface area contributed by atoms with E-state index in [1.807, 2.05) is 4.90 Å². The zero-order valence-corrected chi connectivity index (χ0v) is 16.4. The molecule has 0 atom stereocenters. The van der Waals surface area contributed by atoms with Gasteiger partial charge in [0.2, 0.25) is 10.0 Å². The van der Waals surface area contributed by atoms with Gasteiger partial charge in [-0.15, -0.1) is 0 Å². The molecule has 1 aliphatic heterocycles. The monoisotopic (exact) mass is 417 g/mol. The molecule has 9 nitrogen and oxygen atoms in total. The average Bonchev–Trinajstić information content (AvgIpc) is 2.68. The zero-order valence-electron chi connectivity index (χ0n) is 15.6. The number of aliphatic hydroxyl groups excluding tert-OH is 1. The minimum Gasteiger partial charge on any atom is -0.393 e. The van der Waals surface area contributed by atoms with E-state index in [9.17, 15) is 18.3 Å². The van der Waals surface area contributed by atoms with Crippen molar-refractivity contribution < 1.29 is 18.3 Å². The van der Waals surface area contributed by atoms with Gasteiger partial charge in [-0.05, 0) is 49.2 Å². The van der Waals surface area contributed by atoms with Crippen LogP contribution >= 0.6 is 0 Å². The second kappa shape index (κ2) is 8.60. The molecule has 29 heavy (non-hydrogen) atoms. The first-order chi connectivity index (χ1) is 13.7. The van der Waals surface area contributed by atoms with Crippen LogP contribution < -0.4 is 15.8 Å². The zero-order chi connectivity index (χ0) is 21.0. The van der Waals surface area contributed by atoms with Crippen molar-refractivity contribution in [2.24, 2.45) is 5.14 Å². The number of primary sulfonamides is 1. The van der Waals surface area contributed by atoms with Crippen LogP contribution in [0, 0.1) is 5.41 Å². The summed E-state index contributed by atoms with van der Waals surface area (Å²) >= 11 is 0. The van der Waals surface area contributed by atoms with Gasteiger partial charge in [0.15, 0.2) is 0 Å². The molecule has 0 unspecified atom stereocenters. The molecule has 1 saturated heterocycles. The number of hydrogen-bond acceptors (Lipinski definition) is 5. The fourth-order valence-corrected chi connectivity index (χ4v) is 3.55. The Kier molecular flexibility index (Phi) is 6.16. The topological polar surface area (TPSA) is 149 Å². The standard InChI is InChI=1S/C19H23N5O4S/c20-18(24-10-8-16(25)9-11-24)13-2-1-3-15(12-13)23-19(26)22-14-4-6-17(7-5-14)29(21,27)28/h1-7,12,16,20,25H,8-11H2,(H2,21,27,28)(H2,22,23,26). The van der Waals surface area contributed by atoms with E-state index < -0.39 is 16.1 Å². The van der Waals surface area contributed by atoms with Crippen LogP contribution in [0.4, 0.5) is 16.2 Å². The van der Waals surface area contributed by atoms with E-state index in [1.165, 1.54) is 24.3 Å². The Bertz CT molecular complexity index is 1000. The van der Waals surface area contributed by atoms with Crippen LogP contribution in [0.2, 0.25) is 0 Å². The van der Waals surface area contributed by atoms with Crippen molar-refractivity contribution in [3.8, 4) is 0 Å². The maximum absolute atomic E-state index is 12.2. The Morgan fingerprint density at radius 1 is 1.07 bits per heavy atom. The predicted octanol–water partition coefficient (Wildman–Crippen LogP) is 1.76. The molecular weight excluding hydrogens is 394 g/mol. The van der Waals surface area contributed by atoms with Gasteiger partial charge in [-0.25, -0.2) is 18.4 Å². The van der Waals surface area contributed by atoms with Gasteiger partial charge in [0, 0.05) is 30.0 Å². The van der Waals surface area contributed by atoms with Crippen molar-refractivity contribution in [3.63, 3.8) is 0 Å². The van der Waals surface area contributed by atoms with E-state index in [0.29, 0.717) is 48.7 Å². The van der Waals surface area contributed by atoms with Crippen molar-refractivity contribution in [2.75, 3.05) is 23.7 Å². The molecule has 3 rings (SSSR count). The van der Waals surface area contributed by atoms with Crippen LogP contribution in [0.25, 0.3) is 0 Å². The average molecular weight is 417 g/mol. The van der Waals surface area contributed by atoms with Crippen LogP contribution in [-0.4, -0.2) is 49.5 Å². The quantitative estimate of drug-likeness (QED) is 0.380. The lowest BCUT2D eigenvalue weighted by Gasteiger charge is -2.31. The van der Waals surface area contributed by atoms with Gasteiger partial charge in [-0.1, -0.05) is 12.1 Å². The third kappa shape index (κ3) is 5.53. The lowest BCUT2D eigenvalue weighted by molar-refractivity contribution is 0.109. The van der Waals surface area contributed by atoms with Crippen LogP contribution in [-0.2, 0) is 10.0 Å². The lowest BCUT2D eigenvalue weighted by Crippen LogP contribution is -2.40. The molecule has 0 aromatic heterocycles. The summed E-state index contributed by atoms with van der Waals surface area (Å²) in [6.45, 7) is 1.24. The van der Waals surface area contributed by atoms with Crippen molar-refractivity contribution in [3.05, 3.63) is 54.1 Å². The van der Waals surface area contributed by atoms with Gasteiger partial charge in [-0.2, -0.15) is 0 Å². The molecule has 2 aromatic rings. The fraction of sp³-hybridized carbons (Fsp3) is 0.263. The number of aliphatic hydroxyl groups is 1. The predicted molar refractivity (Wildman–Crippen MR) is 111 cm³/mol. The van der Waals surface area contributed by atoms with Crippen LogP contribution in [0.15, 0.2) is 53.4 Å². The van der Waals surface area contributed by atoms with Crippen LogP contribution in [0.1, 0.15) is 18.4 Å². The number of nitrogens with zero attached hydrogens (tertiary/aromatic N) is 1. The second-order valence-corrected chi connectivity index (χ2v) is 8.36. The van der Waals surface area contributed by atoms with Crippen molar-refractivity contribution in [1.82, 2.24) is 4.90 Å². The molecule has 154 valence electrons. The summed E-state index contributed by atoms with van der Waals surface area (Å²) in [5.74, 6) is 0.347. The van der Waals surface area contributed by atoms with E-state index in [-0.39, 0.29) is 11.0 Å². The third-order valence-electron chi connectivity index (χ3n) is 4.62. The molecular formula is C19H23N5O4S. The summed E-state index contributed by atoms with van der Waals surface area (Å²) in [6.07, 6.45) is 0.953. The summed E-state index contributed by atoms with van der Waals surface area (Å²) in [7, 11) is -3.79. The van der Waals surface area contributed by atoms with E-state index in [1.54, 1.807) is 24.3 Å². The summed E-state index contributed by atoms with van der Waals surface area (Å²) < 4.78 is 22.5.